The van der Waals surface area contributed by atoms with Crippen molar-refractivity contribution in [2.75, 3.05) is 11.9 Å². The van der Waals surface area contributed by atoms with Crippen molar-refractivity contribution in [3.05, 3.63) is 58.3 Å². The van der Waals surface area contributed by atoms with Gasteiger partial charge < -0.3 is 10.6 Å². The third-order valence-electron chi connectivity index (χ3n) is 2.98. The van der Waals surface area contributed by atoms with Crippen molar-refractivity contribution >= 4 is 34.8 Å². The summed E-state index contributed by atoms with van der Waals surface area (Å²) in [6.07, 6.45) is 3.48. The first-order valence-electron chi connectivity index (χ1n) is 6.45. The van der Waals surface area contributed by atoms with Crippen LogP contribution in [0.1, 0.15) is 18.5 Å². The summed E-state index contributed by atoms with van der Waals surface area (Å²) in [6, 6.07) is 8.91. The quantitative estimate of drug-likeness (QED) is 0.882. The highest BCUT2D eigenvalue weighted by molar-refractivity contribution is 6.39. The van der Waals surface area contributed by atoms with E-state index in [4.69, 9.17) is 23.2 Å². The number of hydrogen-bond donors (Lipinski definition) is 2. The number of carbonyl (C=O) groups is 1. The van der Waals surface area contributed by atoms with E-state index in [-0.39, 0.29) is 18.5 Å². The molecule has 2 rings (SSSR count). The number of rotatable bonds is 5. The maximum Gasteiger partial charge on any atom is 0.238 e. The molecular weight excluding hydrogens is 309 g/mol. The van der Waals surface area contributed by atoms with Gasteiger partial charge in [-0.25, -0.2) is 0 Å². The van der Waals surface area contributed by atoms with Gasteiger partial charge in [-0.3, -0.25) is 9.78 Å². The van der Waals surface area contributed by atoms with Gasteiger partial charge in [-0.2, -0.15) is 0 Å². The number of nitrogens with one attached hydrogen (secondary N) is 2. The second-order valence-electron chi connectivity index (χ2n) is 4.53. The molecule has 1 amide bonds. The molecule has 0 radical (unpaired) electrons. The number of aromatic nitrogens is 1. The highest BCUT2D eigenvalue weighted by atomic mass is 35.5. The van der Waals surface area contributed by atoms with E-state index in [1.54, 1.807) is 30.6 Å². The zero-order valence-corrected chi connectivity index (χ0v) is 12.9. The fourth-order valence-electron chi connectivity index (χ4n) is 1.80. The number of para-hydroxylation sites is 1. The van der Waals surface area contributed by atoms with E-state index in [0.29, 0.717) is 15.7 Å². The van der Waals surface area contributed by atoms with E-state index in [0.717, 1.165) is 5.56 Å². The Kier molecular flexibility index (Phi) is 5.56. The van der Waals surface area contributed by atoms with Crippen LogP contribution in [-0.2, 0) is 4.79 Å². The lowest BCUT2D eigenvalue weighted by Gasteiger charge is -2.14. The predicted octanol–water partition coefficient (Wildman–Crippen LogP) is 3.68. The summed E-state index contributed by atoms with van der Waals surface area (Å²) in [5.74, 6) is -0.208. The Hall–Kier alpha value is -1.62. The molecule has 1 unspecified atom stereocenters. The minimum absolute atomic E-state index is 0.0196. The van der Waals surface area contributed by atoms with Gasteiger partial charge in [0.05, 0.1) is 22.3 Å². The molecule has 0 saturated carbocycles. The minimum atomic E-state index is -0.208. The van der Waals surface area contributed by atoms with Crippen molar-refractivity contribution in [3.63, 3.8) is 0 Å². The van der Waals surface area contributed by atoms with Gasteiger partial charge in [0.25, 0.3) is 0 Å². The monoisotopic (exact) mass is 323 g/mol. The second-order valence-corrected chi connectivity index (χ2v) is 5.35. The van der Waals surface area contributed by atoms with Crippen LogP contribution >= 0.6 is 23.2 Å². The Morgan fingerprint density at radius 3 is 2.57 bits per heavy atom. The summed E-state index contributed by atoms with van der Waals surface area (Å²) < 4.78 is 0. The summed E-state index contributed by atoms with van der Waals surface area (Å²) in [5, 5.41) is 6.65. The number of halogens is 2. The molecule has 2 N–H and O–H groups in total. The average molecular weight is 324 g/mol. The summed E-state index contributed by atoms with van der Waals surface area (Å²) in [6.45, 7) is 2.12. The fourth-order valence-corrected chi connectivity index (χ4v) is 2.29. The summed E-state index contributed by atoms with van der Waals surface area (Å²) >= 11 is 12.0. The van der Waals surface area contributed by atoms with Crippen LogP contribution in [0.5, 0.6) is 0 Å². The van der Waals surface area contributed by atoms with Crippen molar-refractivity contribution in [1.29, 1.82) is 0 Å². The molecule has 1 aromatic carbocycles. The number of anilines is 1. The fraction of sp³-hybridized carbons (Fsp3) is 0.200. The molecule has 0 saturated heterocycles. The SMILES string of the molecule is CC(NCC(=O)Nc1c(Cl)cccc1Cl)c1cccnc1. The molecule has 4 nitrogen and oxygen atoms in total. The van der Waals surface area contributed by atoms with E-state index in [9.17, 15) is 4.79 Å². The number of hydrogen-bond acceptors (Lipinski definition) is 3. The van der Waals surface area contributed by atoms with Crippen molar-refractivity contribution in [2.45, 2.75) is 13.0 Å². The van der Waals surface area contributed by atoms with Gasteiger partial charge in [0.1, 0.15) is 0 Å². The third-order valence-corrected chi connectivity index (χ3v) is 3.61. The van der Waals surface area contributed by atoms with Crippen molar-refractivity contribution in [3.8, 4) is 0 Å². The van der Waals surface area contributed by atoms with Gasteiger partial charge >= 0.3 is 0 Å². The molecule has 1 aromatic heterocycles. The van der Waals surface area contributed by atoms with Gasteiger partial charge in [-0.15, -0.1) is 0 Å². The maximum atomic E-state index is 11.9. The van der Waals surface area contributed by atoms with Gasteiger partial charge in [0.2, 0.25) is 5.91 Å². The Morgan fingerprint density at radius 1 is 1.24 bits per heavy atom. The molecule has 0 aliphatic carbocycles. The second kappa shape index (κ2) is 7.41. The van der Waals surface area contributed by atoms with E-state index in [1.807, 2.05) is 19.1 Å². The van der Waals surface area contributed by atoms with Crippen molar-refractivity contribution < 1.29 is 4.79 Å². The average Bonchev–Trinajstić information content (AvgIpc) is 2.49. The first-order chi connectivity index (χ1) is 10.1. The van der Waals surface area contributed by atoms with Crippen LogP contribution in [0.3, 0.4) is 0 Å². The predicted molar refractivity (Wildman–Crippen MR) is 85.7 cm³/mol. The number of carbonyl (C=O) groups excluding carboxylic acids is 1. The molecule has 0 fully saturated rings. The maximum absolute atomic E-state index is 11.9. The molecule has 110 valence electrons. The lowest BCUT2D eigenvalue weighted by molar-refractivity contribution is -0.115. The van der Waals surface area contributed by atoms with E-state index in [1.165, 1.54) is 0 Å². The van der Waals surface area contributed by atoms with Gasteiger partial charge in [0.15, 0.2) is 0 Å². The molecular formula is C15H15Cl2N3O. The molecule has 6 heteroatoms. The van der Waals surface area contributed by atoms with Crippen LogP contribution in [0.25, 0.3) is 0 Å². The van der Waals surface area contributed by atoms with E-state index in [2.05, 4.69) is 15.6 Å². The van der Waals surface area contributed by atoms with E-state index < -0.39 is 0 Å². The Bertz CT molecular complexity index is 599. The van der Waals surface area contributed by atoms with Crippen molar-refractivity contribution in [2.24, 2.45) is 0 Å². The topological polar surface area (TPSA) is 54.0 Å². The Morgan fingerprint density at radius 2 is 1.95 bits per heavy atom. The van der Waals surface area contributed by atoms with Crippen LogP contribution in [0, 0.1) is 0 Å². The molecule has 21 heavy (non-hydrogen) atoms. The first-order valence-corrected chi connectivity index (χ1v) is 7.20. The van der Waals surface area contributed by atoms with Gasteiger partial charge in [-0.05, 0) is 30.7 Å². The van der Waals surface area contributed by atoms with Crippen LogP contribution in [0.4, 0.5) is 5.69 Å². The first kappa shape index (κ1) is 15.8. The van der Waals surface area contributed by atoms with Gasteiger partial charge in [0, 0.05) is 18.4 Å². The lowest BCUT2D eigenvalue weighted by Crippen LogP contribution is -2.30. The largest absolute Gasteiger partial charge is 0.322 e. The standard InChI is InChI=1S/C15H15Cl2N3O/c1-10(11-4-3-7-18-8-11)19-9-14(21)20-15-12(16)5-2-6-13(15)17/h2-8,10,19H,9H2,1H3,(H,20,21). The Labute approximate surface area is 133 Å². The molecule has 0 bridgehead atoms. The molecule has 2 aromatic rings. The molecule has 1 atom stereocenters. The molecule has 0 aliphatic heterocycles. The van der Waals surface area contributed by atoms with E-state index >= 15 is 0 Å². The van der Waals surface area contributed by atoms with Crippen LogP contribution in [0.15, 0.2) is 42.7 Å². The number of amides is 1. The summed E-state index contributed by atoms with van der Waals surface area (Å²) in [7, 11) is 0. The Balaban J connectivity index is 1.91. The normalized spacial score (nSPS) is 12.0. The van der Waals surface area contributed by atoms with Crippen molar-refractivity contribution in [1.82, 2.24) is 10.3 Å². The van der Waals surface area contributed by atoms with Gasteiger partial charge in [-0.1, -0.05) is 35.3 Å². The third kappa shape index (κ3) is 4.43. The molecule has 0 aliphatic rings. The number of benzene rings is 1. The molecule has 0 spiro atoms. The lowest BCUT2D eigenvalue weighted by atomic mass is 10.1. The highest BCUT2D eigenvalue weighted by Crippen LogP contribution is 2.29. The van der Waals surface area contributed by atoms with Crippen LogP contribution in [0.2, 0.25) is 10.0 Å². The summed E-state index contributed by atoms with van der Waals surface area (Å²) in [4.78, 5) is 16.0. The zero-order chi connectivity index (χ0) is 15.2. The number of pyridine rings is 1. The van der Waals surface area contributed by atoms with Crippen LogP contribution < -0.4 is 10.6 Å². The smallest absolute Gasteiger partial charge is 0.238 e. The zero-order valence-electron chi connectivity index (χ0n) is 11.4. The van der Waals surface area contributed by atoms with Crippen LogP contribution in [-0.4, -0.2) is 17.4 Å². The minimum Gasteiger partial charge on any atom is -0.322 e. The number of nitrogens with zero attached hydrogens (tertiary/aromatic N) is 1. The highest BCUT2D eigenvalue weighted by Gasteiger charge is 2.11. The summed E-state index contributed by atoms with van der Waals surface area (Å²) in [5.41, 5.74) is 1.45. The molecule has 1 heterocycles.